The number of fused-ring (bicyclic) bond motifs is 1. The lowest BCUT2D eigenvalue weighted by molar-refractivity contribution is -0.145. The van der Waals surface area contributed by atoms with Gasteiger partial charge in [-0.1, -0.05) is 42.5 Å². The summed E-state index contributed by atoms with van der Waals surface area (Å²) in [5.74, 6) is -0.644. The number of carboxylic acid groups (broad SMARTS) is 1. The van der Waals surface area contributed by atoms with Crippen LogP contribution in [0.5, 0.6) is 0 Å². The average Bonchev–Trinajstić information content (AvgIpc) is 2.49. The quantitative estimate of drug-likeness (QED) is 0.940. The highest BCUT2D eigenvalue weighted by Crippen LogP contribution is 2.30. The summed E-state index contributed by atoms with van der Waals surface area (Å²) in [6, 6.07) is 12.9. The third kappa shape index (κ3) is 2.67. The maximum Gasteiger partial charge on any atom is 0.325 e. The summed E-state index contributed by atoms with van der Waals surface area (Å²) in [5.41, 5.74) is 0.801. The Labute approximate surface area is 123 Å². The van der Waals surface area contributed by atoms with Gasteiger partial charge in [0.15, 0.2) is 0 Å². The number of rotatable bonds is 3. The van der Waals surface area contributed by atoms with Crippen molar-refractivity contribution < 1.29 is 14.7 Å². The number of hydrogen-bond acceptors (Lipinski definition) is 3. The number of likely N-dealkylation sites (tertiary alicyclic amines) is 1. The van der Waals surface area contributed by atoms with E-state index >= 15 is 0 Å². The van der Waals surface area contributed by atoms with Crippen molar-refractivity contribution in [2.75, 3.05) is 13.1 Å². The van der Waals surface area contributed by atoms with Gasteiger partial charge in [-0.3, -0.25) is 14.5 Å². The number of nitrogens with zero attached hydrogens (tertiary/aromatic N) is 1. The van der Waals surface area contributed by atoms with Crippen LogP contribution in [0.15, 0.2) is 42.5 Å². The van der Waals surface area contributed by atoms with E-state index in [2.05, 4.69) is 0 Å². The summed E-state index contributed by atoms with van der Waals surface area (Å²) in [7, 11) is 0. The van der Waals surface area contributed by atoms with E-state index in [-0.39, 0.29) is 5.78 Å². The third-order valence-electron chi connectivity index (χ3n) is 4.07. The van der Waals surface area contributed by atoms with E-state index in [4.69, 9.17) is 0 Å². The molecule has 0 spiro atoms. The van der Waals surface area contributed by atoms with Crippen LogP contribution in [-0.2, 0) is 9.59 Å². The smallest absolute Gasteiger partial charge is 0.325 e. The fourth-order valence-corrected chi connectivity index (χ4v) is 3.01. The van der Waals surface area contributed by atoms with Gasteiger partial charge in [-0.05, 0) is 16.3 Å². The molecule has 0 amide bonds. The number of benzene rings is 2. The Hall–Kier alpha value is -2.20. The third-order valence-corrected chi connectivity index (χ3v) is 4.07. The molecule has 1 heterocycles. The lowest BCUT2D eigenvalue weighted by Crippen LogP contribution is -2.40. The predicted molar refractivity (Wildman–Crippen MR) is 80.1 cm³/mol. The molecule has 1 unspecified atom stereocenters. The highest BCUT2D eigenvalue weighted by Gasteiger charge is 2.31. The molecule has 2 aromatic rings. The lowest BCUT2D eigenvalue weighted by Gasteiger charge is -2.32. The van der Waals surface area contributed by atoms with Gasteiger partial charge in [0.05, 0.1) is 0 Å². The van der Waals surface area contributed by atoms with E-state index in [1.54, 1.807) is 0 Å². The van der Waals surface area contributed by atoms with Crippen molar-refractivity contribution in [3.63, 3.8) is 0 Å². The molecule has 0 aromatic heterocycles. The monoisotopic (exact) mass is 283 g/mol. The number of hydrogen-bond donors (Lipinski definition) is 1. The highest BCUT2D eigenvalue weighted by molar-refractivity contribution is 5.90. The summed E-state index contributed by atoms with van der Waals surface area (Å²) in [6.45, 7) is 1.03. The molecule has 0 saturated carbocycles. The van der Waals surface area contributed by atoms with E-state index < -0.39 is 12.0 Å². The minimum atomic E-state index is -0.860. The first kappa shape index (κ1) is 13.8. The molecule has 0 radical (unpaired) electrons. The number of carbonyl (C=O) groups excluding carboxylic acids is 1. The first-order valence-corrected chi connectivity index (χ1v) is 7.13. The van der Waals surface area contributed by atoms with Gasteiger partial charge in [-0.2, -0.15) is 0 Å². The number of carboxylic acids is 1. The molecule has 0 bridgehead atoms. The van der Waals surface area contributed by atoms with Crippen molar-refractivity contribution >= 4 is 22.5 Å². The van der Waals surface area contributed by atoms with Crippen molar-refractivity contribution in [3.8, 4) is 0 Å². The Morgan fingerprint density at radius 1 is 1.05 bits per heavy atom. The van der Waals surface area contributed by atoms with Gasteiger partial charge in [-0.25, -0.2) is 0 Å². The molecule has 108 valence electrons. The second kappa shape index (κ2) is 5.66. The number of Topliss-reactive ketones (excluding diaryl/α,β-unsaturated/α-hetero) is 1. The Balaban J connectivity index is 2.04. The highest BCUT2D eigenvalue weighted by atomic mass is 16.4. The first-order valence-electron chi connectivity index (χ1n) is 7.13. The second-order valence-electron chi connectivity index (χ2n) is 5.38. The average molecular weight is 283 g/mol. The summed E-state index contributed by atoms with van der Waals surface area (Å²) in [4.78, 5) is 25.1. The molecule has 4 nitrogen and oxygen atoms in total. The maximum absolute atomic E-state index is 11.8. The van der Waals surface area contributed by atoms with Crippen molar-refractivity contribution in [1.29, 1.82) is 0 Å². The van der Waals surface area contributed by atoms with E-state index in [1.165, 1.54) is 0 Å². The van der Waals surface area contributed by atoms with Crippen LogP contribution in [-0.4, -0.2) is 34.8 Å². The molecule has 2 aromatic carbocycles. The number of ketones is 1. The summed E-state index contributed by atoms with van der Waals surface area (Å²) < 4.78 is 0. The molecule has 1 fully saturated rings. The van der Waals surface area contributed by atoms with Crippen molar-refractivity contribution in [2.24, 2.45) is 0 Å². The Morgan fingerprint density at radius 3 is 2.43 bits per heavy atom. The standard InChI is InChI=1S/C17H17NO3/c19-13-8-10-18(11-9-13)16(17(20)21)15-7-3-5-12-4-1-2-6-14(12)15/h1-7,16H,8-11H2,(H,20,21). The molecule has 1 atom stereocenters. The van der Waals surface area contributed by atoms with Gasteiger partial charge in [0.25, 0.3) is 0 Å². The minimum Gasteiger partial charge on any atom is -0.480 e. The largest absolute Gasteiger partial charge is 0.480 e. The van der Waals surface area contributed by atoms with Crippen molar-refractivity contribution in [3.05, 3.63) is 48.0 Å². The Kier molecular flexibility index (Phi) is 3.71. The van der Waals surface area contributed by atoms with Gasteiger partial charge in [-0.15, -0.1) is 0 Å². The summed E-state index contributed by atoms with van der Waals surface area (Å²) in [5, 5.41) is 11.7. The van der Waals surface area contributed by atoms with Crippen LogP contribution in [0.2, 0.25) is 0 Å². The molecule has 3 rings (SSSR count). The zero-order chi connectivity index (χ0) is 14.8. The zero-order valence-electron chi connectivity index (χ0n) is 11.7. The number of aliphatic carboxylic acids is 1. The summed E-state index contributed by atoms with van der Waals surface area (Å²) >= 11 is 0. The van der Waals surface area contributed by atoms with E-state index in [9.17, 15) is 14.7 Å². The van der Waals surface area contributed by atoms with Crippen molar-refractivity contribution in [1.82, 2.24) is 4.90 Å². The summed E-state index contributed by atoms with van der Waals surface area (Å²) in [6.07, 6.45) is 0.878. The van der Waals surface area contributed by atoms with Crippen LogP contribution in [0.25, 0.3) is 10.8 Å². The number of carbonyl (C=O) groups is 2. The normalized spacial score (nSPS) is 17.8. The predicted octanol–water partition coefficient (Wildman–Crippen LogP) is 2.63. The lowest BCUT2D eigenvalue weighted by atomic mass is 9.96. The second-order valence-corrected chi connectivity index (χ2v) is 5.38. The molecule has 21 heavy (non-hydrogen) atoms. The molecule has 1 saturated heterocycles. The van der Waals surface area contributed by atoms with E-state index in [1.807, 2.05) is 47.4 Å². The fraction of sp³-hybridized carbons (Fsp3) is 0.294. The van der Waals surface area contributed by atoms with E-state index in [0.29, 0.717) is 25.9 Å². The van der Waals surface area contributed by atoms with Crippen LogP contribution >= 0.6 is 0 Å². The van der Waals surface area contributed by atoms with Crippen LogP contribution in [0.1, 0.15) is 24.4 Å². The Bertz CT molecular complexity index is 680. The number of piperidine rings is 1. The SMILES string of the molecule is O=C1CCN(C(C(=O)O)c2cccc3ccccc23)CC1. The molecule has 0 aliphatic carbocycles. The topological polar surface area (TPSA) is 57.6 Å². The van der Waals surface area contributed by atoms with Crippen molar-refractivity contribution in [2.45, 2.75) is 18.9 Å². The first-order chi connectivity index (χ1) is 10.2. The van der Waals surface area contributed by atoms with Gasteiger partial charge < -0.3 is 5.11 Å². The van der Waals surface area contributed by atoms with E-state index in [0.717, 1.165) is 16.3 Å². The molecular weight excluding hydrogens is 266 g/mol. The fourth-order valence-electron chi connectivity index (χ4n) is 3.01. The molecule has 1 aliphatic heterocycles. The maximum atomic E-state index is 11.8. The van der Waals surface area contributed by atoms with Gasteiger partial charge >= 0.3 is 5.97 Å². The minimum absolute atomic E-state index is 0.216. The molecular formula is C17H17NO3. The van der Waals surface area contributed by atoms with Crippen LogP contribution in [0.3, 0.4) is 0 Å². The van der Waals surface area contributed by atoms with Gasteiger partial charge in [0, 0.05) is 25.9 Å². The Morgan fingerprint density at radius 2 is 1.71 bits per heavy atom. The zero-order valence-corrected chi connectivity index (χ0v) is 11.7. The molecule has 4 heteroatoms. The molecule has 1 N–H and O–H groups in total. The van der Waals surface area contributed by atoms with Gasteiger partial charge in [0.2, 0.25) is 0 Å². The van der Waals surface area contributed by atoms with Crippen LogP contribution in [0, 0.1) is 0 Å². The van der Waals surface area contributed by atoms with Gasteiger partial charge in [0.1, 0.15) is 11.8 Å². The van der Waals surface area contributed by atoms with Crippen LogP contribution < -0.4 is 0 Å². The molecule has 1 aliphatic rings. The van der Waals surface area contributed by atoms with Crippen LogP contribution in [0.4, 0.5) is 0 Å².